The largest absolute Gasteiger partial charge is 0.453 e. The van der Waals surface area contributed by atoms with Gasteiger partial charge in [0.1, 0.15) is 11.6 Å². The van der Waals surface area contributed by atoms with Crippen molar-refractivity contribution in [2.24, 2.45) is 5.41 Å². The Kier molecular flexibility index (Phi) is 8.48. The highest BCUT2D eigenvalue weighted by atomic mass is 32.1. The van der Waals surface area contributed by atoms with Crippen molar-refractivity contribution in [2.75, 3.05) is 19.6 Å². The minimum absolute atomic E-state index is 0.0256. The van der Waals surface area contributed by atoms with Gasteiger partial charge in [0.2, 0.25) is 0 Å². The molecule has 0 amide bonds. The molecule has 1 aliphatic carbocycles. The lowest BCUT2D eigenvalue weighted by atomic mass is 9.87. The normalized spacial score (nSPS) is 15.8. The predicted octanol–water partition coefficient (Wildman–Crippen LogP) is 7.42. The van der Waals surface area contributed by atoms with E-state index in [9.17, 15) is 14.0 Å². The van der Waals surface area contributed by atoms with Crippen molar-refractivity contribution >= 4 is 33.1 Å². The molecular weight excluding hydrogens is 606 g/mol. The van der Waals surface area contributed by atoms with E-state index in [0.29, 0.717) is 24.2 Å². The molecule has 1 saturated heterocycles. The number of rotatable bonds is 13. The number of likely N-dealkylation sites (tertiary alicyclic amines) is 1. The fourth-order valence-corrected chi connectivity index (χ4v) is 7.27. The van der Waals surface area contributed by atoms with Crippen LogP contribution >= 0.6 is 11.3 Å². The summed E-state index contributed by atoms with van der Waals surface area (Å²) < 4.78 is 38.3. The summed E-state index contributed by atoms with van der Waals surface area (Å²) in [4.78, 5) is 38.8. The van der Waals surface area contributed by atoms with Crippen LogP contribution in [0, 0.1) is 17.0 Å². The van der Waals surface area contributed by atoms with E-state index in [1.165, 1.54) is 55.5 Å². The maximum absolute atomic E-state index is 15.3. The Bertz CT molecular complexity index is 1910. The first kappa shape index (κ1) is 30.4. The van der Waals surface area contributed by atoms with Crippen molar-refractivity contribution in [2.45, 2.75) is 51.5 Å². The zero-order valence-corrected chi connectivity index (χ0v) is 26.2. The summed E-state index contributed by atoms with van der Waals surface area (Å²) >= 11 is 1.49. The topological polar surface area (TPSA) is 77.3 Å². The van der Waals surface area contributed by atoms with Gasteiger partial charge in [0.25, 0.3) is 0 Å². The molecule has 0 atom stereocenters. The molecule has 4 heterocycles. The van der Waals surface area contributed by atoms with Gasteiger partial charge >= 0.3 is 0 Å². The minimum atomic E-state index is -1.11. The second-order valence-electron chi connectivity index (χ2n) is 12.3. The van der Waals surface area contributed by atoms with Crippen molar-refractivity contribution in [3.05, 3.63) is 96.1 Å². The van der Waals surface area contributed by atoms with E-state index in [-0.39, 0.29) is 35.7 Å². The van der Waals surface area contributed by atoms with Gasteiger partial charge in [-0.25, -0.2) is 13.8 Å². The quantitative estimate of drug-likeness (QED) is 0.125. The third-order valence-corrected chi connectivity index (χ3v) is 10.2. The summed E-state index contributed by atoms with van der Waals surface area (Å²) in [7, 11) is 0. The van der Waals surface area contributed by atoms with Crippen LogP contribution in [0.25, 0.3) is 20.8 Å². The first-order chi connectivity index (χ1) is 22.4. The number of thiophene rings is 1. The van der Waals surface area contributed by atoms with Gasteiger partial charge in [0.05, 0.1) is 32.5 Å². The molecule has 46 heavy (non-hydrogen) atoms. The molecule has 10 heteroatoms. The van der Waals surface area contributed by atoms with E-state index < -0.39 is 17.0 Å². The van der Waals surface area contributed by atoms with Crippen LogP contribution in [0.15, 0.2) is 73.3 Å². The molecule has 2 aliphatic rings. The van der Waals surface area contributed by atoms with Gasteiger partial charge in [-0.3, -0.25) is 14.6 Å². The van der Waals surface area contributed by atoms with E-state index in [1.807, 2.05) is 18.6 Å². The molecule has 236 valence electrons. The van der Waals surface area contributed by atoms with Gasteiger partial charge in [-0.05, 0) is 87.1 Å². The Hall–Kier alpha value is -4.28. The number of halogens is 2. The molecule has 3 aromatic heterocycles. The Labute approximate surface area is 269 Å². The first-order valence-electron chi connectivity index (χ1n) is 15.8. The molecule has 0 N–H and O–H groups in total. The van der Waals surface area contributed by atoms with Crippen LogP contribution in [0.1, 0.15) is 43.2 Å². The molecule has 0 radical (unpaired) electrons. The van der Waals surface area contributed by atoms with Crippen LogP contribution in [0.4, 0.5) is 8.78 Å². The Morgan fingerprint density at radius 2 is 1.70 bits per heavy atom. The fraction of sp³-hybridized carbons (Fsp3) is 0.333. The third kappa shape index (κ3) is 6.37. The van der Waals surface area contributed by atoms with E-state index in [1.54, 1.807) is 36.5 Å². The van der Waals surface area contributed by atoms with Crippen molar-refractivity contribution in [1.82, 2.24) is 19.4 Å². The average molecular weight is 641 g/mol. The SMILES string of the molecule is O=C(Cc1ccc(Oc2ccnc3cc(-c4cn(CCCN5CCCC5)cn4)sc23)c(F)c1)C1(C(=O)Cc2ccccc2F)CC1. The second kappa shape index (κ2) is 12.8. The predicted molar refractivity (Wildman–Crippen MR) is 173 cm³/mol. The van der Waals surface area contributed by atoms with Crippen LogP contribution in [-0.4, -0.2) is 50.6 Å². The van der Waals surface area contributed by atoms with E-state index in [2.05, 4.69) is 19.4 Å². The number of hydrogen-bond acceptors (Lipinski definition) is 7. The smallest absolute Gasteiger partial charge is 0.166 e. The molecule has 0 unspecified atom stereocenters. The number of carbonyl (C=O) groups is 2. The first-order valence-corrected chi connectivity index (χ1v) is 16.6. The van der Waals surface area contributed by atoms with Crippen LogP contribution in [0.2, 0.25) is 0 Å². The maximum Gasteiger partial charge on any atom is 0.166 e. The molecule has 0 spiro atoms. The van der Waals surface area contributed by atoms with Gasteiger partial charge in [-0.15, -0.1) is 11.3 Å². The van der Waals surface area contributed by atoms with Crippen LogP contribution < -0.4 is 4.74 Å². The Morgan fingerprint density at radius 1 is 0.891 bits per heavy atom. The lowest BCUT2D eigenvalue weighted by Gasteiger charge is -2.14. The zero-order chi connectivity index (χ0) is 31.7. The summed E-state index contributed by atoms with van der Waals surface area (Å²) in [6.45, 7) is 4.41. The van der Waals surface area contributed by atoms with Crippen LogP contribution in [0.5, 0.6) is 11.5 Å². The molecule has 2 aromatic carbocycles. The summed E-state index contributed by atoms with van der Waals surface area (Å²) in [5, 5.41) is 0. The van der Waals surface area contributed by atoms with E-state index >= 15 is 4.39 Å². The van der Waals surface area contributed by atoms with E-state index in [0.717, 1.165) is 40.3 Å². The Balaban J connectivity index is 1.01. The van der Waals surface area contributed by atoms with Crippen molar-refractivity contribution < 1.29 is 23.1 Å². The van der Waals surface area contributed by atoms with Crippen LogP contribution in [0.3, 0.4) is 0 Å². The lowest BCUT2D eigenvalue weighted by molar-refractivity contribution is -0.133. The molecular formula is C36H34F2N4O3S. The monoisotopic (exact) mass is 640 g/mol. The molecule has 5 aromatic rings. The highest BCUT2D eigenvalue weighted by Crippen LogP contribution is 2.49. The number of hydrogen-bond donors (Lipinski definition) is 0. The number of pyridine rings is 1. The number of benzene rings is 2. The van der Waals surface area contributed by atoms with Crippen molar-refractivity contribution in [1.29, 1.82) is 0 Å². The number of carbonyl (C=O) groups excluding carboxylic acids is 2. The molecule has 7 nitrogen and oxygen atoms in total. The number of nitrogens with zero attached hydrogens (tertiary/aromatic N) is 4. The van der Waals surface area contributed by atoms with Crippen molar-refractivity contribution in [3.63, 3.8) is 0 Å². The van der Waals surface area contributed by atoms with Gasteiger partial charge in [-0.2, -0.15) is 0 Å². The van der Waals surface area contributed by atoms with E-state index in [4.69, 9.17) is 4.74 Å². The molecule has 1 aliphatic heterocycles. The van der Waals surface area contributed by atoms with Crippen LogP contribution in [-0.2, 0) is 29.0 Å². The van der Waals surface area contributed by atoms with Gasteiger partial charge < -0.3 is 14.2 Å². The average Bonchev–Trinajstić information content (AvgIpc) is 3.37. The molecule has 2 fully saturated rings. The summed E-state index contributed by atoms with van der Waals surface area (Å²) in [5.74, 6) is -1.12. The minimum Gasteiger partial charge on any atom is -0.453 e. The maximum atomic E-state index is 15.3. The zero-order valence-electron chi connectivity index (χ0n) is 25.4. The fourth-order valence-electron chi connectivity index (χ4n) is 6.25. The highest BCUT2D eigenvalue weighted by Gasteiger charge is 2.54. The van der Waals surface area contributed by atoms with Crippen molar-refractivity contribution in [3.8, 4) is 22.1 Å². The number of aryl methyl sites for hydroxylation is 1. The number of fused-ring (bicyclic) bond motifs is 1. The number of ketones is 2. The molecule has 7 rings (SSSR count). The number of ether oxygens (including phenoxy) is 1. The Morgan fingerprint density at radius 3 is 2.48 bits per heavy atom. The summed E-state index contributed by atoms with van der Waals surface area (Å²) in [5.41, 5.74) is 1.21. The standard InChI is InChI=1S/C36H34F2N4O3S/c37-26-7-2-1-6-25(26)20-34(44)36(11-12-36)33(43)19-24-8-9-30(27(38)18-24)45-31-10-13-39-28-21-32(46-35(28)31)29-22-42(23-40-29)17-5-16-41-14-3-4-15-41/h1-2,6-10,13,18,21-23H,3-5,11-12,14-17,19-20H2. The lowest BCUT2D eigenvalue weighted by Crippen LogP contribution is -2.29. The second-order valence-corrected chi connectivity index (χ2v) is 13.3. The number of imidazole rings is 1. The van der Waals surface area contributed by atoms with Gasteiger partial charge in [0, 0.05) is 37.8 Å². The number of aromatic nitrogens is 3. The van der Waals surface area contributed by atoms with Gasteiger partial charge in [0.15, 0.2) is 23.1 Å². The highest BCUT2D eigenvalue weighted by molar-refractivity contribution is 7.22. The molecule has 0 bridgehead atoms. The third-order valence-electron chi connectivity index (χ3n) is 9.06. The summed E-state index contributed by atoms with van der Waals surface area (Å²) in [6.07, 6.45) is 9.86. The summed E-state index contributed by atoms with van der Waals surface area (Å²) in [6, 6.07) is 14.2. The van der Waals surface area contributed by atoms with Gasteiger partial charge in [-0.1, -0.05) is 24.3 Å². The molecule has 1 saturated carbocycles. The number of Topliss-reactive ketones (excluding diaryl/α,β-unsaturated/α-hetero) is 2.